The first kappa shape index (κ1) is 16.6. The largest absolute Gasteiger partial charge is 0.360 e. The molecule has 0 aliphatic heterocycles. The Balaban J connectivity index is 1.34. The van der Waals surface area contributed by atoms with Crippen LogP contribution in [0.25, 0.3) is 0 Å². The van der Waals surface area contributed by atoms with Crippen LogP contribution in [-0.4, -0.2) is 21.3 Å². The molecule has 0 radical (unpaired) electrons. The van der Waals surface area contributed by atoms with E-state index < -0.39 is 0 Å². The predicted octanol–water partition coefficient (Wildman–Crippen LogP) is 4.60. The number of hydrogen-bond donors (Lipinski definition) is 1. The molecule has 1 fully saturated rings. The van der Waals surface area contributed by atoms with E-state index in [0.29, 0.717) is 16.1 Å². The molecule has 1 aromatic carbocycles. The molecular weight excluding hydrogens is 380 g/mol. The van der Waals surface area contributed by atoms with Crippen molar-refractivity contribution in [2.75, 3.05) is 5.32 Å². The van der Waals surface area contributed by atoms with E-state index in [0.717, 1.165) is 34.3 Å². The zero-order valence-corrected chi connectivity index (χ0v) is 15.3. The van der Waals surface area contributed by atoms with Gasteiger partial charge in [-0.15, -0.1) is 10.2 Å². The van der Waals surface area contributed by atoms with E-state index in [1.165, 1.54) is 11.3 Å². The highest BCUT2D eigenvalue weighted by atomic mass is 35.5. The van der Waals surface area contributed by atoms with Gasteiger partial charge in [-0.2, -0.15) is 0 Å². The smallest absolute Gasteiger partial charge is 0.279 e. The van der Waals surface area contributed by atoms with Crippen LogP contribution in [0.2, 0.25) is 5.02 Å². The summed E-state index contributed by atoms with van der Waals surface area (Å²) in [6.45, 7) is 0. The SMILES string of the molecule is O=C(Nc1nnc(SCc2cccc(Cl)c2)s1)c1cc(C2CC2)on1. The summed E-state index contributed by atoms with van der Waals surface area (Å²) in [5.41, 5.74) is 1.37. The van der Waals surface area contributed by atoms with Gasteiger partial charge in [0.25, 0.3) is 5.91 Å². The number of aromatic nitrogens is 3. The van der Waals surface area contributed by atoms with E-state index in [1.807, 2.05) is 24.3 Å². The molecule has 6 nitrogen and oxygen atoms in total. The third-order valence-electron chi connectivity index (χ3n) is 3.62. The third-order valence-corrected chi connectivity index (χ3v) is 5.90. The number of anilines is 1. The van der Waals surface area contributed by atoms with Crippen LogP contribution in [0, 0.1) is 0 Å². The fourth-order valence-corrected chi connectivity index (χ4v) is 4.11. The Morgan fingerprint density at radius 2 is 2.24 bits per heavy atom. The van der Waals surface area contributed by atoms with Crippen molar-refractivity contribution in [3.63, 3.8) is 0 Å². The Morgan fingerprint density at radius 1 is 1.36 bits per heavy atom. The van der Waals surface area contributed by atoms with E-state index in [2.05, 4.69) is 20.7 Å². The lowest BCUT2D eigenvalue weighted by Gasteiger charge is -1.98. The van der Waals surface area contributed by atoms with Gasteiger partial charge in [-0.1, -0.05) is 52.0 Å². The van der Waals surface area contributed by atoms with Crippen LogP contribution in [0.15, 0.2) is 39.2 Å². The quantitative estimate of drug-likeness (QED) is 0.487. The molecule has 0 spiro atoms. The zero-order chi connectivity index (χ0) is 17.2. The molecule has 1 saturated carbocycles. The van der Waals surface area contributed by atoms with E-state index in [4.69, 9.17) is 16.1 Å². The molecule has 9 heteroatoms. The van der Waals surface area contributed by atoms with Gasteiger partial charge in [-0.3, -0.25) is 10.1 Å². The highest BCUT2D eigenvalue weighted by Crippen LogP contribution is 2.40. The Kier molecular flexibility index (Phi) is 4.74. The molecule has 0 saturated heterocycles. The second kappa shape index (κ2) is 7.15. The lowest BCUT2D eigenvalue weighted by Crippen LogP contribution is -2.11. The number of nitrogens with zero attached hydrogens (tertiary/aromatic N) is 3. The summed E-state index contributed by atoms with van der Waals surface area (Å²) in [6, 6.07) is 9.37. The fourth-order valence-electron chi connectivity index (χ4n) is 2.21. The number of amides is 1. The van der Waals surface area contributed by atoms with Crippen LogP contribution in [0.3, 0.4) is 0 Å². The topological polar surface area (TPSA) is 80.9 Å². The minimum atomic E-state index is -0.335. The highest BCUT2D eigenvalue weighted by molar-refractivity contribution is 8.00. The normalized spacial score (nSPS) is 13.8. The van der Waals surface area contributed by atoms with Crippen molar-refractivity contribution in [3.05, 3.63) is 52.4 Å². The van der Waals surface area contributed by atoms with E-state index in [9.17, 15) is 4.79 Å². The molecule has 1 aliphatic rings. The molecule has 0 bridgehead atoms. The van der Waals surface area contributed by atoms with Crippen LogP contribution < -0.4 is 5.32 Å². The fraction of sp³-hybridized carbons (Fsp3) is 0.250. The summed E-state index contributed by atoms with van der Waals surface area (Å²) < 4.78 is 5.96. The number of thioether (sulfide) groups is 1. The van der Waals surface area contributed by atoms with Crippen molar-refractivity contribution < 1.29 is 9.32 Å². The number of benzene rings is 1. The Morgan fingerprint density at radius 3 is 3.04 bits per heavy atom. The van der Waals surface area contributed by atoms with E-state index in [-0.39, 0.29) is 11.6 Å². The Hall–Kier alpha value is -1.90. The second-order valence-corrected chi connectivity index (χ2v) is 8.27. The number of rotatable bonds is 6. The molecular formula is C16H13ClN4O2S2. The molecule has 1 amide bonds. The number of nitrogens with one attached hydrogen (secondary N) is 1. The molecule has 128 valence electrons. The van der Waals surface area contributed by atoms with Crippen LogP contribution >= 0.6 is 34.7 Å². The first-order valence-electron chi connectivity index (χ1n) is 7.66. The zero-order valence-electron chi connectivity index (χ0n) is 12.9. The monoisotopic (exact) mass is 392 g/mol. The first-order chi connectivity index (χ1) is 12.2. The average Bonchev–Trinajstić information content (AvgIpc) is 3.16. The minimum Gasteiger partial charge on any atom is -0.360 e. The number of carbonyl (C=O) groups is 1. The predicted molar refractivity (Wildman–Crippen MR) is 97.4 cm³/mol. The van der Waals surface area contributed by atoms with Crippen LogP contribution in [0.4, 0.5) is 5.13 Å². The molecule has 25 heavy (non-hydrogen) atoms. The summed E-state index contributed by atoms with van der Waals surface area (Å²) in [6.07, 6.45) is 2.19. The van der Waals surface area contributed by atoms with E-state index >= 15 is 0 Å². The summed E-state index contributed by atoms with van der Waals surface area (Å²) in [7, 11) is 0. The van der Waals surface area contributed by atoms with Gasteiger partial charge in [-0.05, 0) is 30.5 Å². The van der Waals surface area contributed by atoms with Gasteiger partial charge in [0.2, 0.25) is 5.13 Å². The maximum atomic E-state index is 12.2. The minimum absolute atomic E-state index is 0.269. The molecule has 0 unspecified atom stereocenters. The average molecular weight is 393 g/mol. The van der Waals surface area contributed by atoms with Gasteiger partial charge < -0.3 is 4.52 Å². The van der Waals surface area contributed by atoms with Gasteiger partial charge in [0.1, 0.15) is 5.76 Å². The van der Waals surface area contributed by atoms with Crippen molar-refractivity contribution in [3.8, 4) is 0 Å². The van der Waals surface area contributed by atoms with Gasteiger partial charge in [0, 0.05) is 22.8 Å². The number of halogens is 1. The molecule has 4 rings (SSSR count). The van der Waals surface area contributed by atoms with Gasteiger partial charge in [0.15, 0.2) is 10.0 Å². The summed E-state index contributed by atoms with van der Waals surface area (Å²) in [5, 5.41) is 15.8. The standard InChI is InChI=1S/C16H13ClN4O2S2/c17-11-3-1-2-9(6-11)8-24-16-20-19-15(25-16)18-14(22)12-7-13(23-21-12)10-4-5-10/h1-3,6-7,10H,4-5,8H2,(H,18,19,22). The molecule has 2 aromatic heterocycles. The molecule has 3 aromatic rings. The first-order valence-corrected chi connectivity index (χ1v) is 9.84. The highest BCUT2D eigenvalue weighted by Gasteiger charge is 2.29. The summed E-state index contributed by atoms with van der Waals surface area (Å²) >= 11 is 8.84. The molecule has 2 heterocycles. The molecule has 0 atom stereocenters. The van der Waals surface area contributed by atoms with Crippen LogP contribution in [-0.2, 0) is 5.75 Å². The van der Waals surface area contributed by atoms with Crippen molar-refractivity contribution in [2.24, 2.45) is 0 Å². The van der Waals surface area contributed by atoms with Gasteiger partial charge in [0.05, 0.1) is 0 Å². The Labute approximate surface area is 157 Å². The van der Waals surface area contributed by atoms with Crippen LogP contribution in [0.5, 0.6) is 0 Å². The number of hydrogen-bond acceptors (Lipinski definition) is 7. The number of carbonyl (C=O) groups excluding carboxylic acids is 1. The van der Waals surface area contributed by atoms with Crippen molar-refractivity contribution >= 4 is 45.7 Å². The lowest BCUT2D eigenvalue weighted by atomic mass is 10.2. The van der Waals surface area contributed by atoms with Gasteiger partial charge >= 0.3 is 0 Å². The maximum Gasteiger partial charge on any atom is 0.279 e. The van der Waals surface area contributed by atoms with Crippen LogP contribution in [0.1, 0.15) is 40.6 Å². The molecule has 1 aliphatic carbocycles. The Bertz CT molecular complexity index is 907. The summed E-state index contributed by atoms with van der Waals surface area (Å²) in [5.74, 6) is 1.60. The van der Waals surface area contributed by atoms with E-state index in [1.54, 1.807) is 17.8 Å². The van der Waals surface area contributed by atoms with Crippen molar-refractivity contribution in [1.29, 1.82) is 0 Å². The lowest BCUT2D eigenvalue weighted by molar-refractivity contribution is 0.101. The molecule has 1 N–H and O–H groups in total. The third kappa shape index (κ3) is 4.20. The summed E-state index contributed by atoms with van der Waals surface area (Å²) in [4.78, 5) is 12.2. The van der Waals surface area contributed by atoms with Crippen molar-refractivity contribution in [2.45, 2.75) is 28.9 Å². The second-order valence-electron chi connectivity index (χ2n) is 5.63. The van der Waals surface area contributed by atoms with Gasteiger partial charge in [-0.25, -0.2) is 0 Å². The maximum absolute atomic E-state index is 12.2. The van der Waals surface area contributed by atoms with Crippen molar-refractivity contribution in [1.82, 2.24) is 15.4 Å².